The molecule has 1 rings (SSSR count). The largest absolute Gasteiger partial charge is 0.466 e. The van der Waals surface area contributed by atoms with Crippen molar-refractivity contribution in [3.8, 4) is 0 Å². The zero-order valence-electron chi connectivity index (χ0n) is 11.6. The summed E-state index contributed by atoms with van der Waals surface area (Å²) in [5.41, 5.74) is 2.82. The Balaban J connectivity index is 2.32. The number of aryl methyl sites for hydroxylation is 2. The summed E-state index contributed by atoms with van der Waals surface area (Å²) in [5, 5.41) is 0. The highest BCUT2D eigenvalue weighted by atomic mass is 16.5. The van der Waals surface area contributed by atoms with Crippen LogP contribution in [0.3, 0.4) is 0 Å². The fourth-order valence-electron chi connectivity index (χ4n) is 2.04. The standard InChI is InChI=1S/C16H24O2/c1-3-8-14-10-5-6-11-15(14)12-7-13-18-16(17)9-4-2/h5-6,10-11H,3-4,7-9,12-13H2,1-2H3. The summed E-state index contributed by atoms with van der Waals surface area (Å²) in [5.74, 6) is -0.0701. The first kappa shape index (κ1) is 14.7. The van der Waals surface area contributed by atoms with Gasteiger partial charge in [-0.1, -0.05) is 44.5 Å². The first-order chi connectivity index (χ1) is 8.77. The highest BCUT2D eigenvalue weighted by molar-refractivity contribution is 5.69. The van der Waals surface area contributed by atoms with Crippen LogP contribution in [0.2, 0.25) is 0 Å². The number of ether oxygens (including phenoxy) is 1. The Morgan fingerprint density at radius 1 is 1.06 bits per heavy atom. The highest BCUT2D eigenvalue weighted by Gasteiger charge is 2.03. The van der Waals surface area contributed by atoms with Gasteiger partial charge in [0, 0.05) is 6.42 Å². The summed E-state index contributed by atoms with van der Waals surface area (Å²) >= 11 is 0. The van der Waals surface area contributed by atoms with E-state index < -0.39 is 0 Å². The third-order valence-electron chi connectivity index (χ3n) is 2.95. The monoisotopic (exact) mass is 248 g/mol. The second kappa shape index (κ2) is 8.73. The van der Waals surface area contributed by atoms with Crippen LogP contribution in [0.5, 0.6) is 0 Å². The Hall–Kier alpha value is -1.31. The highest BCUT2D eigenvalue weighted by Crippen LogP contribution is 2.13. The molecule has 0 radical (unpaired) electrons. The predicted molar refractivity (Wildman–Crippen MR) is 74.6 cm³/mol. The van der Waals surface area contributed by atoms with Crippen LogP contribution in [0.15, 0.2) is 24.3 Å². The van der Waals surface area contributed by atoms with E-state index in [2.05, 4.69) is 31.2 Å². The van der Waals surface area contributed by atoms with Crippen LogP contribution < -0.4 is 0 Å². The van der Waals surface area contributed by atoms with Crippen molar-refractivity contribution >= 4 is 5.97 Å². The van der Waals surface area contributed by atoms with Gasteiger partial charge in [-0.3, -0.25) is 4.79 Å². The van der Waals surface area contributed by atoms with Crippen molar-refractivity contribution in [2.24, 2.45) is 0 Å². The van der Waals surface area contributed by atoms with E-state index in [4.69, 9.17) is 4.74 Å². The molecule has 0 aromatic heterocycles. The van der Waals surface area contributed by atoms with Crippen molar-refractivity contribution in [1.29, 1.82) is 0 Å². The average molecular weight is 248 g/mol. The van der Waals surface area contributed by atoms with Crippen molar-refractivity contribution in [3.63, 3.8) is 0 Å². The quantitative estimate of drug-likeness (QED) is 0.515. The number of carbonyl (C=O) groups is 1. The fraction of sp³-hybridized carbons (Fsp3) is 0.562. The van der Waals surface area contributed by atoms with E-state index in [-0.39, 0.29) is 5.97 Å². The van der Waals surface area contributed by atoms with Gasteiger partial charge in [0.05, 0.1) is 6.61 Å². The summed E-state index contributed by atoms with van der Waals surface area (Å²) in [7, 11) is 0. The molecule has 0 bridgehead atoms. The lowest BCUT2D eigenvalue weighted by atomic mass is 10.00. The second-order valence-electron chi connectivity index (χ2n) is 4.59. The molecule has 0 aliphatic heterocycles. The maximum absolute atomic E-state index is 11.2. The fourth-order valence-corrected chi connectivity index (χ4v) is 2.04. The van der Waals surface area contributed by atoms with E-state index in [9.17, 15) is 4.79 Å². The molecular formula is C16H24O2. The molecule has 0 atom stereocenters. The first-order valence-electron chi connectivity index (χ1n) is 7.00. The Labute approximate surface area is 110 Å². The van der Waals surface area contributed by atoms with Gasteiger partial charge in [-0.25, -0.2) is 0 Å². The molecule has 0 aliphatic rings. The Morgan fingerprint density at radius 3 is 2.33 bits per heavy atom. The maximum Gasteiger partial charge on any atom is 0.305 e. The SMILES string of the molecule is CCCC(=O)OCCCc1ccccc1CCC. The first-order valence-corrected chi connectivity index (χ1v) is 7.00. The summed E-state index contributed by atoms with van der Waals surface area (Å²) < 4.78 is 5.17. The molecule has 0 aliphatic carbocycles. The van der Waals surface area contributed by atoms with Crippen LogP contribution in [0, 0.1) is 0 Å². The van der Waals surface area contributed by atoms with Gasteiger partial charge in [0.25, 0.3) is 0 Å². The van der Waals surface area contributed by atoms with Gasteiger partial charge in [0.15, 0.2) is 0 Å². The molecule has 0 unspecified atom stereocenters. The van der Waals surface area contributed by atoms with Gasteiger partial charge < -0.3 is 4.74 Å². The molecule has 0 heterocycles. The molecule has 100 valence electrons. The number of esters is 1. The van der Waals surface area contributed by atoms with Crippen LogP contribution >= 0.6 is 0 Å². The molecular weight excluding hydrogens is 224 g/mol. The summed E-state index contributed by atoms with van der Waals surface area (Å²) in [6.07, 6.45) is 5.60. The molecule has 1 aromatic carbocycles. The predicted octanol–water partition coefficient (Wildman–Crippen LogP) is 3.92. The van der Waals surface area contributed by atoms with Crippen LogP contribution in [0.25, 0.3) is 0 Å². The zero-order chi connectivity index (χ0) is 13.2. The molecule has 2 heteroatoms. The molecule has 0 saturated carbocycles. The molecule has 0 fully saturated rings. The van der Waals surface area contributed by atoms with Crippen molar-refractivity contribution in [3.05, 3.63) is 35.4 Å². The third kappa shape index (κ3) is 5.35. The van der Waals surface area contributed by atoms with E-state index in [1.54, 1.807) is 0 Å². The molecule has 1 aromatic rings. The summed E-state index contributed by atoms with van der Waals surface area (Å²) in [6, 6.07) is 8.55. The lowest BCUT2D eigenvalue weighted by molar-refractivity contribution is -0.143. The molecule has 2 nitrogen and oxygen atoms in total. The topological polar surface area (TPSA) is 26.3 Å². The Kier molecular flexibility index (Phi) is 7.16. The van der Waals surface area contributed by atoms with Crippen molar-refractivity contribution in [2.45, 2.75) is 52.4 Å². The maximum atomic E-state index is 11.2. The molecule has 18 heavy (non-hydrogen) atoms. The van der Waals surface area contributed by atoms with Crippen LogP contribution in [-0.4, -0.2) is 12.6 Å². The molecule has 0 amide bonds. The lowest BCUT2D eigenvalue weighted by Gasteiger charge is -2.08. The van der Waals surface area contributed by atoms with Crippen LogP contribution in [0.4, 0.5) is 0 Å². The zero-order valence-corrected chi connectivity index (χ0v) is 11.6. The van der Waals surface area contributed by atoms with Gasteiger partial charge in [0.2, 0.25) is 0 Å². The Morgan fingerprint density at radius 2 is 1.72 bits per heavy atom. The van der Waals surface area contributed by atoms with Crippen molar-refractivity contribution < 1.29 is 9.53 Å². The number of rotatable bonds is 8. The van der Waals surface area contributed by atoms with E-state index >= 15 is 0 Å². The average Bonchev–Trinajstić information content (AvgIpc) is 2.37. The van der Waals surface area contributed by atoms with E-state index in [0.717, 1.165) is 25.7 Å². The van der Waals surface area contributed by atoms with Gasteiger partial charge in [-0.05, 0) is 36.8 Å². The number of hydrogen-bond acceptors (Lipinski definition) is 2. The Bertz CT molecular complexity index is 358. The minimum atomic E-state index is -0.0701. The molecule has 0 N–H and O–H groups in total. The minimum absolute atomic E-state index is 0.0701. The van der Waals surface area contributed by atoms with Gasteiger partial charge in [0.1, 0.15) is 0 Å². The lowest BCUT2D eigenvalue weighted by Crippen LogP contribution is -2.06. The summed E-state index contributed by atoms with van der Waals surface area (Å²) in [6.45, 7) is 4.73. The van der Waals surface area contributed by atoms with E-state index in [1.807, 2.05) is 6.92 Å². The van der Waals surface area contributed by atoms with Crippen molar-refractivity contribution in [1.82, 2.24) is 0 Å². The molecule has 0 saturated heterocycles. The minimum Gasteiger partial charge on any atom is -0.466 e. The number of benzene rings is 1. The van der Waals surface area contributed by atoms with Gasteiger partial charge in [-0.15, -0.1) is 0 Å². The van der Waals surface area contributed by atoms with E-state index in [0.29, 0.717) is 13.0 Å². The number of hydrogen-bond donors (Lipinski definition) is 0. The van der Waals surface area contributed by atoms with Gasteiger partial charge >= 0.3 is 5.97 Å². The number of carbonyl (C=O) groups excluding carboxylic acids is 1. The van der Waals surface area contributed by atoms with E-state index in [1.165, 1.54) is 17.5 Å². The third-order valence-corrected chi connectivity index (χ3v) is 2.95. The van der Waals surface area contributed by atoms with Gasteiger partial charge in [-0.2, -0.15) is 0 Å². The van der Waals surface area contributed by atoms with Crippen LogP contribution in [-0.2, 0) is 22.4 Å². The second-order valence-corrected chi connectivity index (χ2v) is 4.59. The van der Waals surface area contributed by atoms with Crippen molar-refractivity contribution in [2.75, 3.05) is 6.61 Å². The smallest absolute Gasteiger partial charge is 0.305 e. The summed E-state index contributed by atoms with van der Waals surface area (Å²) in [4.78, 5) is 11.2. The van der Waals surface area contributed by atoms with Crippen LogP contribution in [0.1, 0.15) is 50.7 Å². The normalized spacial score (nSPS) is 10.3. The molecule has 0 spiro atoms.